The molecule has 1 saturated heterocycles. The zero-order valence-corrected chi connectivity index (χ0v) is 9.47. The zero-order valence-electron chi connectivity index (χ0n) is 9.47. The Morgan fingerprint density at radius 2 is 2.08 bits per heavy atom. The first-order valence-electron chi connectivity index (χ1n) is 5.37. The van der Waals surface area contributed by atoms with Gasteiger partial charge in [-0.1, -0.05) is 6.92 Å². The van der Waals surface area contributed by atoms with Crippen LogP contribution in [0.1, 0.15) is 34.1 Å². The van der Waals surface area contributed by atoms with Gasteiger partial charge >= 0.3 is 0 Å². The first-order chi connectivity index (χ1) is 6.04. The number of hydrogen-bond donors (Lipinski definition) is 0. The summed E-state index contributed by atoms with van der Waals surface area (Å²) in [4.78, 5) is 2.54. The third kappa shape index (κ3) is 3.28. The molecule has 0 spiro atoms. The van der Waals surface area contributed by atoms with Crippen LogP contribution in [0.15, 0.2) is 0 Å². The van der Waals surface area contributed by atoms with Crippen molar-refractivity contribution in [2.45, 2.75) is 39.7 Å². The standard InChI is InChI=1S/C11H23NO/c1-5-10-8-12(11(2,3)4)6-7-13-9-10/h10H,5-9H2,1-4H3. The van der Waals surface area contributed by atoms with Crippen molar-refractivity contribution in [1.29, 1.82) is 0 Å². The summed E-state index contributed by atoms with van der Waals surface area (Å²) in [5, 5.41) is 0. The highest BCUT2D eigenvalue weighted by molar-refractivity contribution is 4.79. The lowest BCUT2D eigenvalue weighted by atomic mass is 10.0. The van der Waals surface area contributed by atoms with E-state index in [9.17, 15) is 0 Å². The molecular weight excluding hydrogens is 162 g/mol. The second-order valence-corrected chi connectivity index (χ2v) is 4.97. The summed E-state index contributed by atoms with van der Waals surface area (Å²) in [6, 6.07) is 0. The summed E-state index contributed by atoms with van der Waals surface area (Å²) in [6.45, 7) is 13.2. The molecule has 0 N–H and O–H groups in total. The van der Waals surface area contributed by atoms with E-state index in [2.05, 4.69) is 32.6 Å². The van der Waals surface area contributed by atoms with Gasteiger partial charge in [-0.05, 0) is 33.1 Å². The van der Waals surface area contributed by atoms with Gasteiger partial charge < -0.3 is 4.74 Å². The summed E-state index contributed by atoms with van der Waals surface area (Å²) in [6.07, 6.45) is 1.23. The van der Waals surface area contributed by atoms with Crippen LogP contribution < -0.4 is 0 Å². The average molecular weight is 185 g/mol. The van der Waals surface area contributed by atoms with Crippen molar-refractivity contribution in [3.63, 3.8) is 0 Å². The molecule has 0 amide bonds. The van der Waals surface area contributed by atoms with Crippen molar-refractivity contribution in [3.05, 3.63) is 0 Å². The topological polar surface area (TPSA) is 12.5 Å². The van der Waals surface area contributed by atoms with Crippen LogP contribution in [-0.2, 0) is 4.74 Å². The summed E-state index contributed by atoms with van der Waals surface area (Å²) >= 11 is 0. The quantitative estimate of drug-likeness (QED) is 0.620. The monoisotopic (exact) mass is 185 g/mol. The molecule has 1 aliphatic heterocycles. The summed E-state index contributed by atoms with van der Waals surface area (Å²) < 4.78 is 5.58. The van der Waals surface area contributed by atoms with Crippen LogP contribution in [0, 0.1) is 5.92 Å². The van der Waals surface area contributed by atoms with E-state index in [0.717, 1.165) is 25.7 Å². The molecule has 0 aromatic rings. The molecule has 1 aliphatic rings. The first kappa shape index (κ1) is 11.0. The second-order valence-electron chi connectivity index (χ2n) is 4.97. The predicted octanol–water partition coefficient (Wildman–Crippen LogP) is 2.14. The largest absolute Gasteiger partial charge is 0.380 e. The van der Waals surface area contributed by atoms with Crippen molar-refractivity contribution < 1.29 is 4.74 Å². The fourth-order valence-electron chi connectivity index (χ4n) is 1.74. The van der Waals surface area contributed by atoms with Crippen LogP contribution >= 0.6 is 0 Å². The normalized spacial score (nSPS) is 27.2. The molecule has 0 aromatic heterocycles. The second kappa shape index (κ2) is 4.43. The van der Waals surface area contributed by atoms with Crippen LogP contribution in [0.4, 0.5) is 0 Å². The molecule has 2 nitrogen and oxygen atoms in total. The van der Waals surface area contributed by atoms with E-state index in [1.54, 1.807) is 0 Å². The number of ether oxygens (including phenoxy) is 1. The molecule has 0 bridgehead atoms. The Morgan fingerprint density at radius 1 is 1.38 bits per heavy atom. The third-order valence-corrected chi connectivity index (χ3v) is 2.86. The molecule has 0 radical (unpaired) electrons. The van der Waals surface area contributed by atoms with Gasteiger partial charge in [0.15, 0.2) is 0 Å². The maximum absolute atomic E-state index is 5.58. The van der Waals surface area contributed by atoms with Crippen LogP contribution in [0.2, 0.25) is 0 Å². The minimum absolute atomic E-state index is 0.293. The minimum Gasteiger partial charge on any atom is -0.380 e. The molecule has 1 heterocycles. The predicted molar refractivity (Wildman–Crippen MR) is 55.9 cm³/mol. The first-order valence-corrected chi connectivity index (χ1v) is 5.37. The smallest absolute Gasteiger partial charge is 0.0593 e. The Morgan fingerprint density at radius 3 is 2.62 bits per heavy atom. The van der Waals surface area contributed by atoms with Gasteiger partial charge in [0.1, 0.15) is 0 Å². The van der Waals surface area contributed by atoms with Crippen molar-refractivity contribution in [1.82, 2.24) is 4.90 Å². The third-order valence-electron chi connectivity index (χ3n) is 2.86. The van der Waals surface area contributed by atoms with E-state index in [1.165, 1.54) is 13.0 Å². The molecule has 2 heteroatoms. The van der Waals surface area contributed by atoms with Gasteiger partial charge in [-0.3, -0.25) is 4.90 Å². The maximum atomic E-state index is 5.58. The van der Waals surface area contributed by atoms with E-state index in [0.29, 0.717) is 5.54 Å². The van der Waals surface area contributed by atoms with E-state index in [4.69, 9.17) is 4.74 Å². The van der Waals surface area contributed by atoms with Gasteiger partial charge in [0.2, 0.25) is 0 Å². The summed E-state index contributed by atoms with van der Waals surface area (Å²) in [7, 11) is 0. The maximum Gasteiger partial charge on any atom is 0.0593 e. The lowest BCUT2D eigenvalue weighted by Crippen LogP contribution is -2.44. The Kier molecular flexibility index (Phi) is 3.74. The van der Waals surface area contributed by atoms with Crippen molar-refractivity contribution in [3.8, 4) is 0 Å². The number of nitrogens with zero attached hydrogens (tertiary/aromatic N) is 1. The molecular formula is C11H23NO. The SMILES string of the molecule is CCC1COCCN(C(C)(C)C)C1. The lowest BCUT2D eigenvalue weighted by Gasteiger charge is -2.35. The van der Waals surface area contributed by atoms with Gasteiger partial charge in [0.05, 0.1) is 13.2 Å². The summed E-state index contributed by atoms with van der Waals surface area (Å²) in [5.74, 6) is 0.724. The highest BCUT2D eigenvalue weighted by Crippen LogP contribution is 2.19. The molecule has 0 aliphatic carbocycles. The number of hydrogen-bond acceptors (Lipinski definition) is 2. The van der Waals surface area contributed by atoms with Crippen LogP contribution in [0.3, 0.4) is 0 Å². The molecule has 1 atom stereocenters. The zero-order chi connectivity index (χ0) is 9.90. The van der Waals surface area contributed by atoms with Crippen molar-refractivity contribution in [2.75, 3.05) is 26.3 Å². The molecule has 0 saturated carbocycles. The molecule has 1 fully saturated rings. The lowest BCUT2D eigenvalue weighted by molar-refractivity contribution is 0.109. The fraction of sp³-hybridized carbons (Fsp3) is 1.00. The Balaban J connectivity index is 2.54. The van der Waals surface area contributed by atoms with Crippen molar-refractivity contribution >= 4 is 0 Å². The van der Waals surface area contributed by atoms with E-state index in [1.807, 2.05) is 0 Å². The molecule has 0 aromatic carbocycles. The molecule has 1 unspecified atom stereocenters. The Bertz CT molecular complexity index is 151. The van der Waals surface area contributed by atoms with E-state index < -0.39 is 0 Å². The van der Waals surface area contributed by atoms with Gasteiger partial charge in [-0.15, -0.1) is 0 Å². The van der Waals surface area contributed by atoms with Crippen molar-refractivity contribution in [2.24, 2.45) is 5.92 Å². The van der Waals surface area contributed by atoms with Gasteiger partial charge in [0, 0.05) is 18.6 Å². The minimum atomic E-state index is 0.293. The van der Waals surface area contributed by atoms with Gasteiger partial charge in [0.25, 0.3) is 0 Å². The highest BCUT2D eigenvalue weighted by atomic mass is 16.5. The molecule has 78 valence electrons. The average Bonchev–Trinajstić information content (AvgIpc) is 2.27. The van der Waals surface area contributed by atoms with E-state index >= 15 is 0 Å². The number of rotatable bonds is 1. The molecule has 1 rings (SSSR count). The Hall–Kier alpha value is -0.0800. The van der Waals surface area contributed by atoms with Gasteiger partial charge in [-0.2, -0.15) is 0 Å². The van der Waals surface area contributed by atoms with E-state index in [-0.39, 0.29) is 0 Å². The summed E-state index contributed by atoms with van der Waals surface area (Å²) in [5.41, 5.74) is 0.293. The Labute approximate surface area is 82.3 Å². The fourth-order valence-corrected chi connectivity index (χ4v) is 1.74. The van der Waals surface area contributed by atoms with Crippen LogP contribution in [0.5, 0.6) is 0 Å². The van der Waals surface area contributed by atoms with Gasteiger partial charge in [-0.25, -0.2) is 0 Å². The highest BCUT2D eigenvalue weighted by Gasteiger charge is 2.25. The van der Waals surface area contributed by atoms with Crippen LogP contribution in [-0.4, -0.2) is 36.7 Å². The van der Waals surface area contributed by atoms with Crippen LogP contribution in [0.25, 0.3) is 0 Å². The molecule has 13 heavy (non-hydrogen) atoms.